The summed E-state index contributed by atoms with van der Waals surface area (Å²) in [5.41, 5.74) is 0. The summed E-state index contributed by atoms with van der Waals surface area (Å²) in [4.78, 5) is 42.6. The predicted molar refractivity (Wildman–Crippen MR) is 197 cm³/mol. The monoisotopic (exact) mass is 686 g/mol. The third kappa shape index (κ3) is 35.6. The van der Waals surface area contributed by atoms with Crippen LogP contribution in [-0.2, 0) is 28.2 Å². The molecule has 48 heavy (non-hydrogen) atoms. The fourth-order valence-corrected chi connectivity index (χ4v) is 4.25. The van der Waals surface area contributed by atoms with E-state index in [4.69, 9.17) is 19.3 Å². The van der Waals surface area contributed by atoms with E-state index in [9.17, 15) is 14.2 Å². The number of phosphoric ester groups is 1. The molecule has 1 atom stereocenters. The molecule has 0 bridgehead atoms. The van der Waals surface area contributed by atoms with Gasteiger partial charge in [-0.2, -0.15) is 0 Å². The molecule has 0 aromatic rings. The lowest BCUT2D eigenvalue weighted by molar-refractivity contribution is -0.161. The lowest BCUT2D eigenvalue weighted by atomic mass is 10.1. The molecule has 0 aliphatic carbocycles. The van der Waals surface area contributed by atoms with E-state index in [1.54, 1.807) is 0 Å². The molecule has 0 aromatic carbocycles. The third-order valence-electron chi connectivity index (χ3n) is 6.38. The van der Waals surface area contributed by atoms with Crippen LogP contribution < -0.4 is 0 Å². The summed E-state index contributed by atoms with van der Waals surface area (Å²) in [6, 6.07) is 0. The van der Waals surface area contributed by atoms with Crippen LogP contribution in [0.4, 0.5) is 0 Å². The number of phosphoric acid groups is 1. The molecule has 0 aliphatic heterocycles. The van der Waals surface area contributed by atoms with Crippen molar-refractivity contribution in [1.82, 2.24) is 0 Å². The number of hydrogen-bond donors (Lipinski definition) is 2. The zero-order chi connectivity index (χ0) is 35.4. The van der Waals surface area contributed by atoms with Crippen LogP contribution in [0.25, 0.3) is 0 Å². The van der Waals surface area contributed by atoms with Crippen molar-refractivity contribution in [3.05, 3.63) is 109 Å². The van der Waals surface area contributed by atoms with E-state index in [2.05, 4.69) is 79.1 Å². The van der Waals surface area contributed by atoms with Gasteiger partial charge in [0.1, 0.15) is 6.61 Å². The molecule has 0 amide bonds. The first-order valence-electron chi connectivity index (χ1n) is 17.2. The normalized spacial score (nSPS) is 13.8. The molecule has 0 aromatic heterocycles. The number of rotatable bonds is 29. The van der Waals surface area contributed by atoms with E-state index in [1.807, 2.05) is 48.6 Å². The molecule has 1 unspecified atom stereocenters. The van der Waals surface area contributed by atoms with Crippen molar-refractivity contribution in [2.45, 2.75) is 110 Å². The molecule has 8 nitrogen and oxygen atoms in total. The van der Waals surface area contributed by atoms with Gasteiger partial charge in [0.2, 0.25) is 0 Å². The molecule has 0 saturated carbocycles. The third-order valence-corrected chi connectivity index (χ3v) is 6.87. The second-order valence-electron chi connectivity index (χ2n) is 10.8. The average molecular weight is 687 g/mol. The molecule has 0 rings (SSSR count). The van der Waals surface area contributed by atoms with Gasteiger partial charge in [-0.1, -0.05) is 130 Å². The lowest BCUT2D eigenvalue weighted by Gasteiger charge is -2.18. The van der Waals surface area contributed by atoms with Crippen molar-refractivity contribution >= 4 is 19.8 Å². The highest BCUT2D eigenvalue weighted by Crippen LogP contribution is 2.35. The van der Waals surface area contributed by atoms with E-state index < -0.39 is 32.5 Å². The molecule has 0 heterocycles. The topological polar surface area (TPSA) is 119 Å². The van der Waals surface area contributed by atoms with Gasteiger partial charge in [0.05, 0.1) is 6.61 Å². The maximum absolute atomic E-state index is 12.3. The van der Waals surface area contributed by atoms with Crippen LogP contribution in [0, 0.1) is 0 Å². The van der Waals surface area contributed by atoms with Crippen molar-refractivity contribution in [3.8, 4) is 0 Å². The Morgan fingerprint density at radius 3 is 1.65 bits per heavy atom. The SMILES string of the molecule is CC/C=C/C=C/C=C/C=C/CCCCCC(=O)OC(COC(=O)CCC/C=C/C/C=C/C/C=C/C/C=C/C/C=C/CC)COP(=O)(O)O. The molecule has 0 fully saturated rings. The van der Waals surface area contributed by atoms with Gasteiger partial charge in [0, 0.05) is 12.8 Å². The summed E-state index contributed by atoms with van der Waals surface area (Å²) >= 11 is 0. The van der Waals surface area contributed by atoms with E-state index in [0.29, 0.717) is 19.3 Å². The Labute approximate surface area is 289 Å². The predicted octanol–water partition coefficient (Wildman–Crippen LogP) is 10.1. The van der Waals surface area contributed by atoms with Gasteiger partial charge in [-0.25, -0.2) is 4.57 Å². The first-order valence-corrected chi connectivity index (χ1v) is 18.8. The van der Waals surface area contributed by atoms with Crippen molar-refractivity contribution in [3.63, 3.8) is 0 Å². The van der Waals surface area contributed by atoms with Crippen LogP contribution in [0.3, 0.4) is 0 Å². The van der Waals surface area contributed by atoms with Crippen LogP contribution in [-0.4, -0.2) is 41.0 Å². The quantitative estimate of drug-likeness (QED) is 0.0262. The van der Waals surface area contributed by atoms with Gasteiger partial charge in [0.25, 0.3) is 0 Å². The summed E-state index contributed by atoms with van der Waals surface area (Å²) < 4.78 is 26.1. The Morgan fingerprint density at radius 2 is 1.06 bits per heavy atom. The van der Waals surface area contributed by atoms with Gasteiger partial charge < -0.3 is 19.3 Å². The van der Waals surface area contributed by atoms with Crippen LogP contribution >= 0.6 is 7.82 Å². The van der Waals surface area contributed by atoms with Crippen molar-refractivity contribution in [2.24, 2.45) is 0 Å². The zero-order valence-corrected chi connectivity index (χ0v) is 30.0. The number of unbranched alkanes of at least 4 members (excludes halogenated alkanes) is 4. The molecular weight excluding hydrogens is 627 g/mol. The average Bonchev–Trinajstić information content (AvgIpc) is 3.05. The molecule has 0 radical (unpaired) electrons. The van der Waals surface area contributed by atoms with E-state index in [1.165, 1.54) is 0 Å². The van der Waals surface area contributed by atoms with Gasteiger partial charge in [-0.05, 0) is 70.6 Å². The summed E-state index contributed by atoms with van der Waals surface area (Å²) in [6.07, 6.45) is 46.8. The summed E-state index contributed by atoms with van der Waals surface area (Å²) in [6.45, 7) is 3.30. The highest BCUT2D eigenvalue weighted by atomic mass is 31.2. The number of hydrogen-bond acceptors (Lipinski definition) is 6. The van der Waals surface area contributed by atoms with Gasteiger partial charge in [-0.15, -0.1) is 0 Å². The van der Waals surface area contributed by atoms with Gasteiger partial charge >= 0.3 is 19.8 Å². The highest BCUT2D eigenvalue weighted by Gasteiger charge is 2.22. The van der Waals surface area contributed by atoms with E-state index in [-0.39, 0.29) is 19.4 Å². The standard InChI is InChI=1S/C39H59O8P/c1-3-5-7-9-11-13-15-17-18-19-20-22-23-25-27-29-31-33-38(40)45-35-37(36-46-48(42,43)44)47-39(41)34-32-30-28-26-24-21-16-14-12-10-8-6-4-2/h5-8,10-14,16-18,20-22,24-25,27,37H,3-4,9,15,19,23,26,28-36H2,1-2H3,(H2,42,43,44)/b7-5+,8-6+,12-10+,13-11+,16-14+,18-17+,22-20+,24-21+,27-25+. The Balaban J connectivity index is 4.21. The smallest absolute Gasteiger partial charge is 0.462 e. The number of carbonyl (C=O) groups is 2. The van der Waals surface area contributed by atoms with Crippen molar-refractivity contribution in [1.29, 1.82) is 0 Å². The minimum atomic E-state index is -4.78. The largest absolute Gasteiger partial charge is 0.469 e. The van der Waals surface area contributed by atoms with Gasteiger partial charge in [0.15, 0.2) is 6.10 Å². The van der Waals surface area contributed by atoms with Gasteiger partial charge in [-0.3, -0.25) is 14.1 Å². The van der Waals surface area contributed by atoms with Crippen molar-refractivity contribution < 1.29 is 37.9 Å². The van der Waals surface area contributed by atoms with Crippen LogP contribution in [0.15, 0.2) is 109 Å². The summed E-state index contributed by atoms with van der Waals surface area (Å²) in [5.74, 6) is -1.02. The number of allylic oxidation sites excluding steroid dienone is 18. The number of carbonyl (C=O) groups excluding carboxylic acids is 2. The fraction of sp³-hybridized carbons (Fsp3) is 0.487. The first-order chi connectivity index (χ1) is 23.3. The lowest BCUT2D eigenvalue weighted by Crippen LogP contribution is -2.29. The molecule has 0 aliphatic rings. The summed E-state index contributed by atoms with van der Waals surface area (Å²) in [7, 11) is -4.78. The van der Waals surface area contributed by atoms with E-state index in [0.717, 1.165) is 57.8 Å². The Hall–Kier alpha value is -3.29. The fourth-order valence-electron chi connectivity index (χ4n) is 3.89. The molecule has 2 N–H and O–H groups in total. The molecule has 0 saturated heterocycles. The minimum absolute atomic E-state index is 0.146. The molecule has 9 heteroatoms. The second-order valence-corrected chi connectivity index (χ2v) is 12.1. The van der Waals surface area contributed by atoms with Crippen molar-refractivity contribution in [2.75, 3.05) is 13.2 Å². The second kappa shape index (κ2) is 33.6. The molecule has 0 spiro atoms. The highest BCUT2D eigenvalue weighted by molar-refractivity contribution is 7.46. The summed E-state index contributed by atoms with van der Waals surface area (Å²) in [5, 5.41) is 0. The van der Waals surface area contributed by atoms with E-state index >= 15 is 0 Å². The number of ether oxygens (including phenoxy) is 2. The Bertz CT molecular complexity index is 1130. The van der Waals surface area contributed by atoms with Crippen LogP contribution in [0.2, 0.25) is 0 Å². The van der Waals surface area contributed by atoms with Crippen LogP contribution in [0.5, 0.6) is 0 Å². The molecule has 268 valence electrons. The zero-order valence-electron chi connectivity index (χ0n) is 29.1. The maximum Gasteiger partial charge on any atom is 0.469 e. The number of esters is 2. The molecular formula is C39H59O8P. The maximum atomic E-state index is 12.3. The Morgan fingerprint density at radius 1 is 0.562 bits per heavy atom. The Kier molecular flexibility index (Phi) is 31.3. The minimum Gasteiger partial charge on any atom is -0.462 e. The first kappa shape index (κ1) is 44.7. The van der Waals surface area contributed by atoms with Crippen LogP contribution in [0.1, 0.15) is 104 Å².